The van der Waals surface area contributed by atoms with Gasteiger partial charge in [0.15, 0.2) is 0 Å². The number of nitrogens with one attached hydrogen (secondary N) is 1. The van der Waals surface area contributed by atoms with Crippen LogP contribution in [0.1, 0.15) is 34.0 Å². The molecule has 4 aromatic carbocycles. The first-order valence-electron chi connectivity index (χ1n) is 14.1. The summed E-state index contributed by atoms with van der Waals surface area (Å²) in [6.07, 6.45) is 0. The Hall–Kier alpha value is -6.11. The molecular weight excluding hydrogens is 578 g/mol. The number of aromatic amines is 1. The number of carbonyl (C=O) groups is 1. The second-order valence-corrected chi connectivity index (χ2v) is 9.96. The molecule has 0 saturated heterocycles. The van der Waals surface area contributed by atoms with Gasteiger partial charge in [-0.3, -0.25) is 4.57 Å². The molecule has 13 heteroatoms. The predicted octanol–water partition coefficient (Wildman–Crippen LogP) is 5.40. The van der Waals surface area contributed by atoms with Gasteiger partial charge in [-0.25, -0.2) is 4.79 Å². The molecule has 0 spiro atoms. The van der Waals surface area contributed by atoms with Crippen LogP contribution in [-0.4, -0.2) is 47.8 Å². The summed E-state index contributed by atoms with van der Waals surface area (Å²) in [5.74, 6) is -0.0259. The van der Waals surface area contributed by atoms with Crippen molar-refractivity contribution >= 4 is 17.0 Å². The number of nitrogens with zero attached hydrogens (tertiary/aromatic N) is 6. The highest BCUT2D eigenvalue weighted by molar-refractivity contribution is 6.02. The Bertz CT molecular complexity index is 1960. The molecule has 6 aromatic rings. The van der Waals surface area contributed by atoms with E-state index in [-0.39, 0.29) is 13.2 Å². The fraction of sp³-hybridized carbons (Fsp3) is 0.156. The number of benzene rings is 4. The Balaban J connectivity index is 1.26. The molecule has 0 saturated carbocycles. The van der Waals surface area contributed by atoms with Gasteiger partial charge in [-0.1, -0.05) is 78.9 Å². The second kappa shape index (κ2) is 13.0. The number of ether oxygens (including phenoxy) is 2. The number of hydrogen-bond acceptors (Lipinski definition) is 10. The molecule has 45 heavy (non-hydrogen) atoms. The first kappa shape index (κ1) is 29.0. The molecule has 13 nitrogen and oxygen atoms in total. The number of fused-ring (bicyclic) bond motifs is 1. The SMILES string of the molecule is CCOc1nc2cccc(C(=O)OCc3cccc(CO[N+](=O)[O-])c3)c2n1Cc1ccc(-c2ccccc2-c2nn[nH]n2)cc1. The van der Waals surface area contributed by atoms with Gasteiger partial charge in [0.2, 0.25) is 5.82 Å². The van der Waals surface area contributed by atoms with Crippen molar-refractivity contribution in [2.24, 2.45) is 0 Å². The monoisotopic (exact) mass is 605 g/mol. The van der Waals surface area contributed by atoms with Gasteiger partial charge in [0.1, 0.15) is 13.2 Å². The molecule has 0 aliphatic heterocycles. The van der Waals surface area contributed by atoms with Crippen LogP contribution in [0.4, 0.5) is 0 Å². The summed E-state index contributed by atoms with van der Waals surface area (Å²) in [6, 6.07) is 28.4. The van der Waals surface area contributed by atoms with E-state index in [1.54, 1.807) is 36.4 Å². The van der Waals surface area contributed by atoms with Crippen LogP contribution < -0.4 is 4.74 Å². The number of carbonyl (C=O) groups excluding carboxylic acids is 1. The Morgan fingerprint density at radius 2 is 1.67 bits per heavy atom. The smallest absolute Gasteiger partial charge is 0.340 e. The maximum atomic E-state index is 13.4. The minimum atomic E-state index is -0.848. The fourth-order valence-electron chi connectivity index (χ4n) is 5.06. The number of tetrazole rings is 1. The molecule has 6 rings (SSSR count). The Labute approximate surface area is 256 Å². The average Bonchev–Trinajstić information content (AvgIpc) is 3.72. The highest BCUT2D eigenvalue weighted by Crippen LogP contribution is 2.31. The third-order valence-corrected chi connectivity index (χ3v) is 7.04. The van der Waals surface area contributed by atoms with Crippen LogP contribution in [0.2, 0.25) is 0 Å². The number of aromatic nitrogens is 6. The average molecular weight is 606 g/mol. The van der Waals surface area contributed by atoms with Crippen molar-refractivity contribution in [3.05, 3.63) is 123 Å². The lowest BCUT2D eigenvalue weighted by molar-refractivity contribution is -0.763. The summed E-state index contributed by atoms with van der Waals surface area (Å²) >= 11 is 0. The number of esters is 1. The largest absolute Gasteiger partial charge is 0.465 e. The number of imidazole rings is 1. The number of H-pyrrole nitrogens is 1. The van der Waals surface area contributed by atoms with Crippen molar-refractivity contribution in [2.45, 2.75) is 26.7 Å². The van der Waals surface area contributed by atoms with Gasteiger partial charge < -0.3 is 14.3 Å². The van der Waals surface area contributed by atoms with E-state index in [0.29, 0.717) is 52.7 Å². The maximum absolute atomic E-state index is 13.4. The molecule has 0 aliphatic carbocycles. The van der Waals surface area contributed by atoms with Crippen LogP contribution in [0.3, 0.4) is 0 Å². The van der Waals surface area contributed by atoms with Gasteiger partial charge in [0, 0.05) is 5.56 Å². The summed E-state index contributed by atoms with van der Waals surface area (Å²) < 4.78 is 13.4. The zero-order chi connectivity index (χ0) is 31.2. The molecule has 0 amide bonds. The van der Waals surface area contributed by atoms with Crippen LogP contribution in [0, 0.1) is 10.1 Å². The van der Waals surface area contributed by atoms with Crippen LogP contribution in [-0.2, 0) is 29.3 Å². The van der Waals surface area contributed by atoms with E-state index >= 15 is 0 Å². The quantitative estimate of drug-likeness (QED) is 0.109. The molecule has 2 heterocycles. The molecule has 226 valence electrons. The zero-order valence-corrected chi connectivity index (χ0v) is 24.1. The van der Waals surface area contributed by atoms with Gasteiger partial charge in [-0.05, 0) is 52.1 Å². The molecule has 2 aromatic heterocycles. The minimum absolute atomic E-state index is 0.0270. The first-order chi connectivity index (χ1) is 22.0. The van der Waals surface area contributed by atoms with Crippen molar-refractivity contribution in [3.63, 3.8) is 0 Å². The molecule has 0 radical (unpaired) electrons. The summed E-state index contributed by atoms with van der Waals surface area (Å²) in [5.41, 5.74) is 6.56. The lowest BCUT2D eigenvalue weighted by Crippen LogP contribution is -2.10. The highest BCUT2D eigenvalue weighted by atomic mass is 16.9. The van der Waals surface area contributed by atoms with Crippen molar-refractivity contribution in [1.29, 1.82) is 0 Å². The second-order valence-electron chi connectivity index (χ2n) is 9.96. The maximum Gasteiger partial charge on any atom is 0.340 e. The molecule has 0 atom stereocenters. The van der Waals surface area contributed by atoms with Gasteiger partial charge in [0.25, 0.3) is 11.1 Å². The molecule has 1 N–H and O–H groups in total. The van der Waals surface area contributed by atoms with Crippen molar-refractivity contribution in [1.82, 2.24) is 30.2 Å². The Morgan fingerprint density at radius 1 is 0.911 bits per heavy atom. The lowest BCUT2D eigenvalue weighted by atomic mass is 9.98. The van der Waals surface area contributed by atoms with Crippen LogP contribution >= 0.6 is 0 Å². The highest BCUT2D eigenvalue weighted by Gasteiger charge is 2.21. The van der Waals surface area contributed by atoms with E-state index in [2.05, 4.69) is 30.4 Å². The lowest BCUT2D eigenvalue weighted by Gasteiger charge is -2.13. The Kier molecular flexibility index (Phi) is 8.40. The van der Waals surface area contributed by atoms with E-state index in [9.17, 15) is 14.9 Å². The van der Waals surface area contributed by atoms with Crippen molar-refractivity contribution < 1.29 is 24.2 Å². The van der Waals surface area contributed by atoms with Crippen LogP contribution in [0.5, 0.6) is 6.01 Å². The van der Waals surface area contributed by atoms with E-state index in [1.165, 1.54) is 0 Å². The predicted molar refractivity (Wildman–Crippen MR) is 162 cm³/mol. The van der Waals surface area contributed by atoms with E-state index in [4.69, 9.17) is 9.47 Å². The summed E-state index contributed by atoms with van der Waals surface area (Å²) in [7, 11) is 0. The fourth-order valence-corrected chi connectivity index (χ4v) is 5.06. The van der Waals surface area contributed by atoms with Crippen LogP contribution in [0.15, 0.2) is 91.0 Å². The van der Waals surface area contributed by atoms with Gasteiger partial charge in [0.05, 0.1) is 29.7 Å². The van der Waals surface area contributed by atoms with Gasteiger partial charge in [-0.2, -0.15) is 10.2 Å². The summed E-state index contributed by atoms with van der Waals surface area (Å²) in [4.78, 5) is 33.0. The molecule has 0 bridgehead atoms. The van der Waals surface area contributed by atoms with E-state index in [0.717, 1.165) is 22.3 Å². The van der Waals surface area contributed by atoms with Crippen molar-refractivity contribution in [2.75, 3.05) is 6.61 Å². The van der Waals surface area contributed by atoms with Crippen molar-refractivity contribution in [3.8, 4) is 28.5 Å². The number of para-hydroxylation sites is 1. The number of rotatable bonds is 12. The van der Waals surface area contributed by atoms with E-state index in [1.807, 2.05) is 66.1 Å². The summed E-state index contributed by atoms with van der Waals surface area (Å²) in [6.45, 7) is 2.44. The zero-order valence-electron chi connectivity index (χ0n) is 24.1. The first-order valence-corrected chi connectivity index (χ1v) is 14.1. The molecule has 0 unspecified atom stereocenters. The van der Waals surface area contributed by atoms with Crippen LogP contribution in [0.25, 0.3) is 33.5 Å². The van der Waals surface area contributed by atoms with Gasteiger partial charge in [-0.15, -0.1) is 20.3 Å². The topological polar surface area (TPSA) is 160 Å². The Morgan fingerprint density at radius 3 is 2.40 bits per heavy atom. The van der Waals surface area contributed by atoms with E-state index < -0.39 is 11.1 Å². The third-order valence-electron chi connectivity index (χ3n) is 7.04. The summed E-state index contributed by atoms with van der Waals surface area (Å²) in [5, 5.41) is 24.1. The molecule has 0 fully saturated rings. The molecule has 0 aliphatic rings. The third kappa shape index (κ3) is 6.46. The molecular formula is C32H27N7O6. The standard InChI is InChI=1S/C32H27N7O6/c1-2-43-32-33-28-12-6-11-27(31(40)44-19-22-7-5-8-23(17-22)20-45-39(41)42)29(28)38(32)18-21-13-15-24(16-14-21)25-9-3-4-10-26(25)30-34-36-37-35-30/h3-17H,2,18-20H2,1H3,(H,34,35,36,37). The number of hydrogen-bond donors (Lipinski definition) is 1. The van der Waals surface area contributed by atoms with Gasteiger partial charge >= 0.3 is 5.97 Å². The minimum Gasteiger partial charge on any atom is -0.465 e. The normalized spacial score (nSPS) is 11.0.